The SMILES string of the molecule is CN(C(=O)c1ccc2c(n1)NC(=O)CS2)C1CCNCC1. The molecule has 0 atom stereocenters. The van der Waals surface area contributed by atoms with Crippen LogP contribution in [0.25, 0.3) is 0 Å². The fourth-order valence-electron chi connectivity index (χ4n) is 2.62. The van der Waals surface area contributed by atoms with Crippen LogP contribution in [-0.2, 0) is 4.79 Å². The topological polar surface area (TPSA) is 74.3 Å². The maximum Gasteiger partial charge on any atom is 0.272 e. The van der Waals surface area contributed by atoms with Gasteiger partial charge in [-0.25, -0.2) is 4.98 Å². The van der Waals surface area contributed by atoms with Crippen LogP contribution in [0.4, 0.5) is 5.82 Å². The summed E-state index contributed by atoms with van der Waals surface area (Å²) in [6.07, 6.45) is 1.92. The van der Waals surface area contributed by atoms with E-state index < -0.39 is 0 Å². The van der Waals surface area contributed by atoms with E-state index >= 15 is 0 Å². The molecule has 0 aliphatic carbocycles. The first kappa shape index (κ1) is 14.3. The smallest absolute Gasteiger partial charge is 0.272 e. The Morgan fingerprint density at radius 1 is 1.38 bits per heavy atom. The zero-order valence-corrected chi connectivity index (χ0v) is 12.7. The summed E-state index contributed by atoms with van der Waals surface area (Å²) in [6, 6.07) is 3.85. The zero-order valence-electron chi connectivity index (χ0n) is 11.9. The van der Waals surface area contributed by atoms with Gasteiger partial charge in [-0.15, -0.1) is 11.8 Å². The summed E-state index contributed by atoms with van der Waals surface area (Å²) in [5.74, 6) is 0.739. The predicted octanol–water partition coefficient (Wildman–Crippen LogP) is 0.950. The first-order valence-electron chi connectivity index (χ1n) is 7.07. The van der Waals surface area contributed by atoms with E-state index in [1.54, 1.807) is 11.0 Å². The molecule has 0 aromatic carbocycles. The van der Waals surface area contributed by atoms with Crippen LogP contribution in [0.15, 0.2) is 17.0 Å². The summed E-state index contributed by atoms with van der Waals surface area (Å²) in [6.45, 7) is 1.87. The van der Waals surface area contributed by atoms with Crippen LogP contribution in [0.1, 0.15) is 23.3 Å². The number of hydrogen-bond donors (Lipinski definition) is 2. The van der Waals surface area contributed by atoms with Crippen molar-refractivity contribution in [3.05, 3.63) is 17.8 Å². The summed E-state index contributed by atoms with van der Waals surface area (Å²) in [5, 5.41) is 6.01. The standard InChI is InChI=1S/C14H18N4O2S/c1-18(9-4-6-15-7-5-9)14(20)10-2-3-11-13(16-10)17-12(19)8-21-11/h2-3,9,15H,4-8H2,1H3,(H,16,17,19). The second kappa shape index (κ2) is 6.03. The fraction of sp³-hybridized carbons (Fsp3) is 0.500. The lowest BCUT2D eigenvalue weighted by molar-refractivity contribution is -0.113. The third kappa shape index (κ3) is 3.03. The number of piperidine rings is 1. The first-order valence-corrected chi connectivity index (χ1v) is 8.05. The van der Waals surface area contributed by atoms with E-state index in [4.69, 9.17) is 0 Å². The number of rotatable bonds is 2. The molecule has 0 spiro atoms. The van der Waals surface area contributed by atoms with Gasteiger partial charge in [-0.3, -0.25) is 9.59 Å². The van der Waals surface area contributed by atoms with Gasteiger partial charge in [0, 0.05) is 13.1 Å². The highest BCUT2D eigenvalue weighted by Gasteiger charge is 2.25. The quantitative estimate of drug-likeness (QED) is 0.851. The number of aromatic nitrogens is 1. The van der Waals surface area contributed by atoms with Gasteiger partial charge in [0.25, 0.3) is 5.91 Å². The molecule has 0 bridgehead atoms. The number of hydrogen-bond acceptors (Lipinski definition) is 5. The van der Waals surface area contributed by atoms with Crippen molar-refractivity contribution in [3.63, 3.8) is 0 Å². The van der Waals surface area contributed by atoms with E-state index in [1.807, 2.05) is 13.1 Å². The molecule has 112 valence electrons. The summed E-state index contributed by atoms with van der Waals surface area (Å²) in [5.41, 5.74) is 0.387. The molecule has 0 radical (unpaired) electrons. The summed E-state index contributed by atoms with van der Waals surface area (Å²) < 4.78 is 0. The summed E-state index contributed by atoms with van der Waals surface area (Å²) in [4.78, 5) is 31.0. The Kier molecular flexibility index (Phi) is 4.12. The van der Waals surface area contributed by atoms with Gasteiger partial charge in [0.15, 0.2) is 0 Å². The molecular weight excluding hydrogens is 288 g/mol. The first-order chi connectivity index (χ1) is 10.1. The Labute approximate surface area is 127 Å². The number of carbonyl (C=O) groups excluding carboxylic acids is 2. The van der Waals surface area contributed by atoms with Crippen molar-refractivity contribution < 1.29 is 9.59 Å². The van der Waals surface area contributed by atoms with Gasteiger partial charge in [0.2, 0.25) is 5.91 Å². The van der Waals surface area contributed by atoms with E-state index in [0.29, 0.717) is 17.3 Å². The minimum Gasteiger partial charge on any atom is -0.337 e. The average Bonchev–Trinajstić information content (AvgIpc) is 2.53. The number of anilines is 1. The number of pyridine rings is 1. The lowest BCUT2D eigenvalue weighted by Gasteiger charge is -2.31. The molecule has 1 aromatic heterocycles. The lowest BCUT2D eigenvalue weighted by atomic mass is 10.1. The van der Waals surface area contributed by atoms with Gasteiger partial charge in [0.1, 0.15) is 11.5 Å². The van der Waals surface area contributed by atoms with Crippen LogP contribution in [0.2, 0.25) is 0 Å². The second-order valence-electron chi connectivity index (χ2n) is 5.28. The molecule has 3 heterocycles. The van der Waals surface area contributed by atoms with Gasteiger partial charge in [0.05, 0.1) is 10.6 Å². The predicted molar refractivity (Wildman–Crippen MR) is 81.6 cm³/mol. The molecule has 21 heavy (non-hydrogen) atoms. The highest BCUT2D eigenvalue weighted by Crippen LogP contribution is 2.30. The molecule has 2 amide bonds. The molecule has 0 saturated carbocycles. The highest BCUT2D eigenvalue weighted by atomic mass is 32.2. The van der Waals surface area contributed by atoms with E-state index in [2.05, 4.69) is 15.6 Å². The molecule has 1 saturated heterocycles. The van der Waals surface area contributed by atoms with E-state index in [1.165, 1.54) is 11.8 Å². The molecule has 1 fully saturated rings. The van der Waals surface area contributed by atoms with Crippen LogP contribution in [-0.4, -0.2) is 53.6 Å². The largest absolute Gasteiger partial charge is 0.337 e. The minimum absolute atomic E-state index is 0.0729. The van der Waals surface area contributed by atoms with E-state index in [0.717, 1.165) is 30.8 Å². The second-order valence-corrected chi connectivity index (χ2v) is 6.29. The van der Waals surface area contributed by atoms with Gasteiger partial charge in [-0.2, -0.15) is 0 Å². The third-order valence-corrected chi connectivity index (χ3v) is 4.92. The third-order valence-electron chi connectivity index (χ3n) is 3.87. The number of amides is 2. The maximum absolute atomic E-state index is 12.5. The Balaban J connectivity index is 1.78. The number of nitrogens with zero attached hydrogens (tertiary/aromatic N) is 2. The zero-order chi connectivity index (χ0) is 14.8. The molecule has 3 rings (SSSR count). The van der Waals surface area contributed by atoms with Crippen molar-refractivity contribution in [3.8, 4) is 0 Å². The molecule has 2 N–H and O–H groups in total. The molecule has 2 aliphatic rings. The van der Waals surface area contributed by atoms with Crippen LogP contribution < -0.4 is 10.6 Å². The van der Waals surface area contributed by atoms with Gasteiger partial charge in [-0.1, -0.05) is 0 Å². The molecule has 6 nitrogen and oxygen atoms in total. The van der Waals surface area contributed by atoms with Crippen molar-refractivity contribution >= 4 is 29.4 Å². The molecule has 1 aromatic rings. The molecule has 7 heteroatoms. The van der Waals surface area contributed by atoms with Crippen molar-refractivity contribution in [1.82, 2.24) is 15.2 Å². The van der Waals surface area contributed by atoms with Crippen LogP contribution in [0.3, 0.4) is 0 Å². The highest BCUT2D eigenvalue weighted by molar-refractivity contribution is 8.00. The van der Waals surface area contributed by atoms with E-state index in [9.17, 15) is 9.59 Å². The molecule has 2 aliphatic heterocycles. The molecule has 0 unspecified atom stereocenters. The van der Waals surface area contributed by atoms with Crippen molar-refractivity contribution in [1.29, 1.82) is 0 Å². The minimum atomic E-state index is -0.0884. The average molecular weight is 306 g/mol. The van der Waals surface area contributed by atoms with Crippen LogP contribution >= 0.6 is 11.8 Å². The maximum atomic E-state index is 12.5. The fourth-order valence-corrected chi connectivity index (χ4v) is 3.38. The number of nitrogens with one attached hydrogen (secondary N) is 2. The summed E-state index contributed by atoms with van der Waals surface area (Å²) >= 11 is 1.45. The van der Waals surface area contributed by atoms with Crippen LogP contribution in [0.5, 0.6) is 0 Å². The van der Waals surface area contributed by atoms with Gasteiger partial charge >= 0.3 is 0 Å². The lowest BCUT2D eigenvalue weighted by Crippen LogP contribution is -2.44. The number of thioether (sulfide) groups is 1. The Hall–Kier alpha value is -1.60. The molecular formula is C14H18N4O2S. The Morgan fingerprint density at radius 3 is 2.90 bits per heavy atom. The van der Waals surface area contributed by atoms with E-state index in [-0.39, 0.29) is 17.9 Å². The van der Waals surface area contributed by atoms with Gasteiger partial charge in [-0.05, 0) is 38.1 Å². The summed E-state index contributed by atoms with van der Waals surface area (Å²) in [7, 11) is 1.83. The van der Waals surface area contributed by atoms with Crippen LogP contribution in [0, 0.1) is 0 Å². The van der Waals surface area contributed by atoms with Crippen molar-refractivity contribution in [2.45, 2.75) is 23.8 Å². The Morgan fingerprint density at radius 2 is 2.14 bits per heavy atom. The monoisotopic (exact) mass is 306 g/mol. The van der Waals surface area contributed by atoms with Gasteiger partial charge < -0.3 is 15.5 Å². The van der Waals surface area contributed by atoms with Crippen molar-refractivity contribution in [2.24, 2.45) is 0 Å². The van der Waals surface area contributed by atoms with Crippen molar-refractivity contribution in [2.75, 3.05) is 31.2 Å². The number of carbonyl (C=O) groups is 2. The normalized spacial score (nSPS) is 18.8. The number of fused-ring (bicyclic) bond motifs is 1. The Bertz CT molecular complexity index is 572.